The molecule has 22 heavy (non-hydrogen) atoms. The molecule has 0 spiro atoms. The second kappa shape index (κ2) is 6.09. The van der Waals surface area contributed by atoms with E-state index in [4.69, 9.17) is 0 Å². The van der Waals surface area contributed by atoms with Crippen LogP contribution in [0.25, 0.3) is 6.08 Å². The average molecular weight is 312 g/mol. The minimum atomic E-state index is -4.51. The average Bonchev–Trinajstić information content (AvgIpc) is 2.44. The SMILES string of the molecule is O=C(/C=C/c1cccc(C(F)(F)F)c1)c1c(F)cccc1F. The molecule has 6 heteroatoms. The van der Waals surface area contributed by atoms with Gasteiger partial charge in [0.15, 0.2) is 5.78 Å². The van der Waals surface area contributed by atoms with E-state index < -0.39 is 34.7 Å². The summed E-state index contributed by atoms with van der Waals surface area (Å²) in [6.07, 6.45) is -2.61. The number of carbonyl (C=O) groups is 1. The lowest BCUT2D eigenvalue weighted by Crippen LogP contribution is -2.04. The Hall–Kier alpha value is -2.50. The fraction of sp³-hybridized carbons (Fsp3) is 0.0625. The zero-order chi connectivity index (χ0) is 16.3. The molecule has 0 atom stereocenters. The van der Waals surface area contributed by atoms with E-state index in [1.165, 1.54) is 12.1 Å². The minimum Gasteiger partial charge on any atom is -0.289 e. The van der Waals surface area contributed by atoms with Gasteiger partial charge in [0.25, 0.3) is 0 Å². The van der Waals surface area contributed by atoms with Crippen molar-refractivity contribution < 1.29 is 26.7 Å². The van der Waals surface area contributed by atoms with Crippen molar-refractivity contribution in [3.05, 3.63) is 76.9 Å². The van der Waals surface area contributed by atoms with Crippen LogP contribution in [0, 0.1) is 11.6 Å². The fourth-order valence-electron chi connectivity index (χ4n) is 1.81. The van der Waals surface area contributed by atoms with Crippen molar-refractivity contribution >= 4 is 11.9 Å². The molecule has 2 rings (SSSR count). The monoisotopic (exact) mass is 312 g/mol. The molecule has 0 aromatic heterocycles. The first-order valence-electron chi connectivity index (χ1n) is 6.13. The van der Waals surface area contributed by atoms with Crippen molar-refractivity contribution in [2.75, 3.05) is 0 Å². The van der Waals surface area contributed by atoms with E-state index in [0.717, 1.165) is 42.5 Å². The summed E-state index contributed by atoms with van der Waals surface area (Å²) >= 11 is 0. The maximum absolute atomic E-state index is 13.4. The van der Waals surface area contributed by atoms with Gasteiger partial charge in [-0.1, -0.05) is 24.3 Å². The molecule has 2 aromatic rings. The Bertz CT molecular complexity index is 711. The second-order valence-electron chi connectivity index (χ2n) is 4.42. The van der Waals surface area contributed by atoms with Crippen molar-refractivity contribution in [1.82, 2.24) is 0 Å². The number of hydrogen-bond acceptors (Lipinski definition) is 1. The molecule has 2 aromatic carbocycles. The third kappa shape index (κ3) is 3.58. The molecular formula is C16H9F5O. The topological polar surface area (TPSA) is 17.1 Å². The molecule has 0 aliphatic heterocycles. The van der Waals surface area contributed by atoms with Crippen LogP contribution in [0.5, 0.6) is 0 Å². The second-order valence-corrected chi connectivity index (χ2v) is 4.42. The van der Waals surface area contributed by atoms with Crippen LogP contribution >= 0.6 is 0 Å². The van der Waals surface area contributed by atoms with Crippen LogP contribution in [0.3, 0.4) is 0 Å². The Morgan fingerprint density at radius 1 is 0.955 bits per heavy atom. The van der Waals surface area contributed by atoms with E-state index in [0.29, 0.717) is 0 Å². The van der Waals surface area contributed by atoms with Crippen LogP contribution in [-0.2, 0) is 6.18 Å². The number of alkyl halides is 3. The van der Waals surface area contributed by atoms with Crippen molar-refractivity contribution in [2.45, 2.75) is 6.18 Å². The summed E-state index contributed by atoms with van der Waals surface area (Å²) in [5, 5.41) is 0. The Morgan fingerprint density at radius 2 is 1.55 bits per heavy atom. The summed E-state index contributed by atoms with van der Waals surface area (Å²) in [6.45, 7) is 0. The Labute approximate surface area is 122 Å². The van der Waals surface area contributed by atoms with E-state index in [9.17, 15) is 26.7 Å². The van der Waals surface area contributed by atoms with Gasteiger partial charge in [0.2, 0.25) is 0 Å². The van der Waals surface area contributed by atoms with Gasteiger partial charge in [-0.3, -0.25) is 4.79 Å². The molecule has 0 fully saturated rings. The van der Waals surface area contributed by atoms with Gasteiger partial charge in [-0.05, 0) is 35.9 Å². The lowest BCUT2D eigenvalue weighted by Gasteiger charge is -2.06. The lowest BCUT2D eigenvalue weighted by atomic mass is 10.1. The van der Waals surface area contributed by atoms with Crippen LogP contribution < -0.4 is 0 Å². The Balaban J connectivity index is 2.27. The number of hydrogen-bond donors (Lipinski definition) is 0. The molecule has 0 N–H and O–H groups in total. The highest BCUT2D eigenvalue weighted by atomic mass is 19.4. The van der Waals surface area contributed by atoms with Crippen LogP contribution in [0.2, 0.25) is 0 Å². The van der Waals surface area contributed by atoms with Gasteiger partial charge in [0, 0.05) is 0 Å². The normalized spacial score (nSPS) is 11.9. The zero-order valence-electron chi connectivity index (χ0n) is 11.0. The maximum Gasteiger partial charge on any atom is 0.416 e. The predicted molar refractivity (Wildman–Crippen MR) is 71.2 cm³/mol. The van der Waals surface area contributed by atoms with Crippen molar-refractivity contribution in [3.8, 4) is 0 Å². The first-order valence-corrected chi connectivity index (χ1v) is 6.13. The molecule has 114 valence electrons. The first kappa shape index (κ1) is 15.9. The highest BCUT2D eigenvalue weighted by molar-refractivity contribution is 6.07. The van der Waals surface area contributed by atoms with Gasteiger partial charge in [0.05, 0.1) is 11.1 Å². The fourth-order valence-corrected chi connectivity index (χ4v) is 1.81. The van der Waals surface area contributed by atoms with Gasteiger partial charge in [-0.15, -0.1) is 0 Å². The Kier molecular flexibility index (Phi) is 4.40. The zero-order valence-corrected chi connectivity index (χ0v) is 11.0. The number of carbonyl (C=O) groups excluding carboxylic acids is 1. The van der Waals surface area contributed by atoms with Crippen LogP contribution in [0.1, 0.15) is 21.5 Å². The predicted octanol–water partition coefficient (Wildman–Crippen LogP) is 4.88. The summed E-state index contributed by atoms with van der Waals surface area (Å²) in [6, 6.07) is 7.20. The molecule has 0 radical (unpaired) electrons. The van der Waals surface area contributed by atoms with E-state index >= 15 is 0 Å². The largest absolute Gasteiger partial charge is 0.416 e. The van der Waals surface area contributed by atoms with Crippen LogP contribution in [-0.4, -0.2) is 5.78 Å². The van der Waals surface area contributed by atoms with Crippen molar-refractivity contribution in [3.63, 3.8) is 0 Å². The molecule has 0 saturated carbocycles. The summed E-state index contributed by atoms with van der Waals surface area (Å²) in [5.74, 6) is -3.02. The van der Waals surface area contributed by atoms with Gasteiger partial charge < -0.3 is 0 Å². The number of ketones is 1. The summed E-state index contributed by atoms with van der Waals surface area (Å²) in [5.41, 5.74) is -1.52. The summed E-state index contributed by atoms with van der Waals surface area (Å²) < 4.78 is 64.4. The van der Waals surface area contributed by atoms with Crippen molar-refractivity contribution in [1.29, 1.82) is 0 Å². The number of allylic oxidation sites excluding steroid dienone is 1. The standard InChI is InChI=1S/C16H9F5O/c17-12-5-2-6-13(18)15(12)14(22)8-7-10-3-1-4-11(9-10)16(19,20)21/h1-9H/b8-7+. The molecule has 1 nitrogen and oxygen atoms in total. The van der Waals surface area contributed by atoms with E-state index in [1.807, 2.05) is 0 Å². The molecule has 0 heterocycles. The van der Waals surface area contributed by atoms with E-state index in [-0.39, 0.29) is 5.56 Å². The molecule has 0 unspecified atom stereocenters. The van der Waals surface area contributed by atoms with E-state index in [1.54, 1.807) is 0 Å². The first-order chi connectivity index (χ1) is 10.3. The maximum atomic E-state index is 13.4. The van der Waals surface area contributed by atoms with Crippen molar-refractivity contribution in [2.24, 2.45) is 0 Å². The Morgan fingerprint density at radius 3 is 2.14 bits per heavy atom. The molecule has 0 aliphatic rings. The molecule has 0 amide bonds. The van der Waals surface area contributed by atoms with E-state index in [2.05, 4.69) is 0 Å². The van der Waals surface area contributed by atoms with Crippen LogP contribution in [0.4, 0.5) is 22.0 Å². The lowest BCUT2D eigenvalue weighted by molar-refractivity contribution is -0.137. The third-order valence-electron chi connectivity index (χ3n) is 2.85. The summed E-state index contributed by atoms with van der Waals surface area (Å²) in [4.78, 5) is 11.8. The number of halogens is 5. The van der Waals surface area contributed by atoms with Gasteiger partial charge >= 0.3 is 6.18 Å². The van der Waals surface area contributed by atoms with Gasteiger partial charge in [-0.25, -0.2) is 8.78 Å². The van der Waals surface area contributed by atoms with Crippen LogP contribution in [0.15, 0.2) is 48.5 Å². The van der Waals surface area contributed by atoms with Gasteiger partial charge in [0.1, 0.15) is 11.6 Å². The molecule has 0 aliphatic carbocycles. The molecular weight excluding hydrogens is 303 g/mol. The summed E-state index contributed by atoms with van der Waals surface area (Å²) in [7, 11) is 0. The molecule has 0 saturated heterocycles. The quantitative estimate of drug-likeness (QED) is 0.448. The highest BCUT2D eigenvalue weighted by Gasteiger charge is 2.30. The number of benzene rings is 2. The number of rotatable bonds is 3. The highest BCUT2D eigenvalue weighted by Crippen LogP contribution is 2.29. The minimum absolute atomic E-state index is 0.0972. The smallest absolute Gasteiger partial charge is 0.289 e. The van der Waals surface area contributed by atoms with Gasteiger partial charge in [-0.2, -0.15) is 13.2 Å². The third-order valence-corrected chi connectivity index (χ3v) is 2.85. The molecule has 0 bridgehead atoms.